The van der Waals surface area contributed by atoms with Crippen LogP contribution in [-0.2, 0) is 9.47 Å². The molecule has 2 aliphatic heterocycles. The van der Waals surface area contributed by atoms with Crippen LogP contribution in [-0.4, -0.2) is 49.0 Å². The molecule has 2 N–H and O–H groups in total. The van der Waals surface area contributed by atoms with Gasteiger partial charge < -0.3 is 24.8 Å². The lowest BCUT2D eigenvalue weighted by molar-refractivity contribution is -0.0796. The van der Waals surface area contributed by atoms with E-state index in [4.69, 9.17) is 31.5 Å². The first-order chi connectivity index (χ1) is 13.1. The van der Waals surface area contributed by atoms with Crippen LogP contribution < -0.4 is 15.4 Å². The molecule has 4 rings (SSSR count). The maximum Gasteiger partial charge on any atom is 0.222 e. The van der Waals surface area contributed by atoms with Gasteiger partial charge in [0.2, 0.25) is 5.95 Å². The normalized spacial score (nSPS) is 20.8. The Kier molecular flexibility index (Phi) is 5.33. The number of rotatable bonds is 4. The maximum atomic E-state index is 6.63. The third-order valence-corrected chi connectivity index (χ3v) is 5.06. The van der Waals surface area contributed by atoms with Crippen molar-refractivity contribution in [3.05, 3.63) is 40.5 Å². The standard InChI is InChI=1S/C19H23ClN4O3/c1-12-7-18(23-19(21)22-12)24-5-2-6-25-11-17(24)15-4-3-13(8-16(15)20)27-14-9-26-10-14/h3-4,7-8,14,17H,2,5-6,9-11H2,1H3,(H2,21,22,23). The molecule has 0 amide bonds. The summed E-state index contributed by atoms with van der Waals surface area (Å²) in [7, 11) is 0. The lowest BCUT2D eigenvalue weighted by Gasteiger charge is -2.32. The van der Waals surface area contributed by atoms with Crippen molar-refractivity contribution < 1.29 is 14.2 Å². The third kappa shape index (κ3) is 4.10. The number of benzene rings is 1. The van der Waals surface area contributed by atoms with Crippen LogP contribution in [0.15, 0.2) is 24.3 Å². The molecule has 27 heavy (non-hydrogen) atoms. The number of hydrogen-bond acceptors (Lipinski definition) is 7. The van der Waals surface area contributed by atoms with Crippen molar-refractivity contribution >= 4 is 23.4 Å². The zero-order valence-electron chi connectivity index (χ0n) is 15.2. The van der Waals surface area contributed by atoms with Crippen LogP contribution in [0, 0.1) is 6.92 Å². The van der Waals surface area contributed by atoms with E-state index in [0.29, 0.717) is 31.5 Å². The van der Waals surface area contributed by atoms with Gasteiger partial charge in [-0.2, -0.15) is 4.98 Å². The van der Waals surface area contributed by atoms with Crippen LogP contribution in [0.25, 0.3) is 0 Å². The van der Waals surface area contributed by atoms with Gasteiger partial charge in [0.05, 0.1) is 25.9 Å². The van der Waals surface area contributed by atoms with E-state index < -0.39 is 0 Å². The van der Waals surface area contributed by atoms with Crippen LogP contribution in [0.5, 0.6) is 5.75 Å². The largest absolute Gasteiger partial charge is 0.486 e. The molecule has 1 aromatic heterocycles. The molecule has 8 heteroatoms. The fourth-order valence-electron chi connectivity index (χ4n) is 3.36. The van der Waals surface area contributed by atoms with Crippen molar-refractivity contribution in [3.8, 4) is 5.75 Å². The molecular formula is C19H23ClN4O3. The van der Waals surface area contributed by atoms with Gasteiger partial charge >= 0.3 is 0 Å². The Hall–Kier alpha value is -2.09. The molecule has 0 bridgehead atoms. The summed E-state index contributed by atoms with van der Waals surface area (Å²) in [5, 5.41) is 0.645. The first kappa shape index (κ1) is 18.3. The SMILES string of the molecule is Cc1cc(N2CCCOCC2c2ccc(OC3COC3)cc2Cl)nc(N)n1. The average Bonchev–Trinajstić information content (AvgIpc) is 2.83. The van der Waals surface area contributed by atoms with E-state index in [1.807, 2.05) is 31.2 Å². The van der Waals surface area contributed by atoms with Crippen molar-refractivity contribution in [2.45, 2.75) is 25.5 Å². The van der Waals surface area contributed by atoms with E-state index in [9.17, 15) is 0 Å². The van der Waals surface area contributed by atoms with E-state index in [0.717, 1.165) is 35.8 Å². The molecule has 144 valence electrons. The molecule has 0 aliphatic carbocycles. The summed E-state index contributed by atoms with van der Waals surface area (Å²) in [5.41, 5.74) is 7.68. The second-order valence-corrected chi connectivity index (χ2v) is 7.23. The highest BCUT2D eigenvalue weighted by molar-refractivity contribution is 6.31. The van der Waals surface area contributed by atoms with Crippen molar-refractivity contribution in [2.24, 2.45) is 0 Å². The quantitative estimate of drug-likeness (QED) is 0.859. The molecule has 0 radical (unpaired) electrons. The topological polar surface area (TPSA) is 82.7 Å². The number of hydrogen-bond donors (Lipinski definition) is 1. The Bertz CT molecular complexity index is 795. The molecule has 1 atom stereocenters. The fourth-order valence-corrected chi connectivity index (χ4v) is 3.65. The summed E-state index contributed by atoms with van der Waals surface area (Å²) < 4.78 is 16.8. The van der Waals surface area contributed by atoms with Gasteiger partial charge in [-0.15, -0.1) is 0 Å². The first-order valence-electron chi connectivity index (χ1n) is 9.09. The Morgan fingerprint density at radius 2 is 2.04 bits per heavy atom. The van der Waals surface area contributed by atoms with E-state index >= 15 is 0 Å². The maximum absolute atomic E-state index is 6.63. The van der Waals surface area contributed by atoms with Crippen molar-refractivity contribution in [1.82, 2.24) is 9.97 Å². The summed E-state index contributed by atoms with van der Waals surface area (Å²) in [4.78, 5) is 10.8. The van der Waals surface area contributed by atoms with Crippen LogP contribution in [0.2, 0.25) is 5.02 Å². The van der Waals surface area contributed by atoms with Crippen molar-refractivity contribution in [2.75, 3.05) is 43.6 Å². The minimum atomic E-state index is -0.0604. The minimum Gasteiger partial charge on any atom is -0.486 e. The molecule has 2 aliphatic rings. The summed E-state index contributed by atoms with van der Waals surface area (Å²) >= 11 is 6.63. The van der Waals surface area contributed by atoms with E-state index in [1.165, 1.54) is 0 Å². The second kappa shape index (κ2) is 7.88. The van der Waals surface area contributed by atoms with E-state index in [1.54, 1.807) is 0 Å². The third-order valence-electron chi connectivity index (χ3n) is 4.73. The summed E-state index contributed by atoms with van der Waals surface area (Å²) in [5.74, 6) is 1.81. The molecule has 2 aromatic rings. The number of ether oxygens (including phenoxy) is 3. The van der Waals surface area contributed by atoms with Crippen LogP contribution in [0.4, 0.5) is 11.8 Å². The van der Waals surface area contributed by atoms with Gasteiger partial charge in [0, 0.05) is 29.9 Å². The number of anilines is 2. The lowest BCUT2D eigenvalue weighted by atomic mass is 10.1. The number of aromatic nitrogens is 2. The highest BCUT2D eigenvalue weighted by Gasteiger charge is 2.27. The molecule has 0 spiro atoms. The Morgan fingerprint density at radius 1 is 1.19 bits per heavy atom. The number of nitrogen functional groups attached to an aromatic ring is 1. The van der Waals surface area contributed by atoms with Gasteiger partial charge in [0.25, 0.3) is 0 Å². The second-order valence-electron chi connectivity index (χ2n) is 6.82. The van der Waals surface area contributed by atoms with Gasteiger partial charge in [-0.25, -0.2) is 4.98 Å². The van der Waals surface area contributed by atoms with Gasteiger partial charge in [-0.1, -0.05) is 17.7 Å². The molecule has 1 unspecified atom stereocenters. The number of aryl methyl sites for hydroxylation is 1. The van der Waals surface area contributed by atoms with Crippen LogP contribution >= 0.6 is 11.6 Å². The first-order valence-corrected chi connectivity index (χ1v) is 9.47. The average molecular weight is 391 g/mol. The Labute approximate surface area is 163 Å². The number of nitrogens with zero attached hydrogens (tertiary/aromatic N) is 3. The van der Waals surface area contributed by atoms with Crippen molar-refractivity contribution in [3.63, 3.8) is 0 Å². The van der Waals surface area contributed by atoms with Crippen LogP contribution in [0.3, 0.4) is 0 Å². The molecular weight excluding hydrogens is 368 g/mol. The summed E-state index contributed by atoms with van der Waals surface area (Å²) in [6.07, 6.45) is 1.01. The number of halogens is 1. The van der Waals surface area contributed by atoms with Crippen LogP contribution in [0.1, 0.15) is 23.7 Å². The highest BCUT2D eigenvalue weighted by Crippen LogP contribution is 2.35. The Balaban J connectivity index is 1.63. The predicted molar refractivity (Wildman–Crippen MR) is 103 cm³/mol. The molecule has 2 saturated heterocycles. The molecule has 1 aromatic carbocycles. The van der Waals surface area contributed by atoms with Gasteiger partial charge in [0.1, 0.15) is 17.7 Å². The summed E-state index contributed by atoms with van der Waals surface area (Å²) in [6.45, 7) is 5.19. The monoisotopic (exact) mass is 390 g/mol. The predicted octanol–water partition coefficient (Wildman–Crippen LogP) is 2.77. The smallest absolute Gasteiger partial charge is 0.222 e. The highest BCUT2D eigenvalue weighted by atomic mass is 35.5. The fraction of sp³-hybridized carbons (Fsp3) is 0.474. The molecule has 7 nitrogen and oxygen atoms in total. The Morgan fingerprint density at radius 3 is 2.74 bits per heavy atom. The summed E-state index contributed by atoms with van der Waals surface area (Å²) in [6, 6.07) is 7.69. The minimum absolute atomic E-state index is 0.0604. The number of nitrogens with two attached hydrogens (primary N) is 1. The van der Waals surface area contributed by atoms with Gasteiger partial charge in [-0.3, -0.25) is 0 Å². The van der Waals surface area contributed by atoms with Crippen molar-refractivity contribution in [1.29, 1.82) is 0 Å². The lowest BCUT2D eigenvalue weighted by Crippen LogP contribution is -2.38. The van der Waals surface area contributed by atoms with E-state index in [-0.39, 0.29) is 18.1 Å². The molecule has 0 saturated carbocycles. The molecule has 3 heterocycles. The van der Waals surface area contributed by atoms with E-state index in [2.05, 4.69) is 14.9 Å². The zero-order chi connectivity index (χ0) is 18.8. The van der Waals surface area contributed by atoms with Gasteiger partial charge in [0.15, 0.2) is 0 Å². The van der Waals surface area contributed by atoms with Gasteiger partial charge in [-0.05, 0) is 31.0 Å². The molecule has 2 fully saturated rings. The zero-order valence-corrected chi connectivity index (χ0v) is 16.0.